The summed E-state index contributed by atoms with van der Waals surface area (Å²) >= 11 is 12.2. The zero-order valence-electron chi connectivity index (χ0n) is 14.2. The Balaban J connectivity index is 1.33. The van der Waals surface area contributed by atoms with Gasteiger partial charge in [0.15, 0.2) is 0 Å². The average Bonchev–Trinajstić information content (AvgIpc) is 3.01. The topological polar surface area (TPSA) is 78.0 Å². The molecule has 0 radical (unpaired) electrons. The number of rotatable bonds is 3. The fraction of sp³-hybridized carbons (Fsp3) is 0.300. The summed E-state index contributed by atoms with van der Waals surface area (Å²) in [4.78, 5) is 12.4. The lowest BCUT2D eigenvalue weighted by Gasteiger charge is -2.27. The van der Waals surface area contributed by atoms with Gasteiger partial charge in [0.05, 0.1) is 17.3 Å². The standard InChI is InChI=1S/C20H17Cl2N3O2/c21-11-3-1-2-10(4-11)19(26)24-18-13-7-20(27,8-14(13)18)16-5-12(22)6-17-15(16)9-23-25-17/h1-6,9,13-14,18,27H,7-8H2,(H,23,25)(H,24,26)/t13-,14+,18+,20-. The van der Waals surface area contributed by atoms with E-state index in [1.54, 1.807) is 36.5 Å². The van der Waals surface area contributed by atoms with E-state index in [1.807, 2.05) is 6.07 Å². The van der Waals surface area contributed by atoms with Crippen molar-refractivity contribution in [3.63, 3.8) is 0 Å². The van der Waals surface area contributed by atoms with E-state index in [9.17, 15) is 9.90 Å². The Hall–Kier alpha value is -2.08. The molecular formula is C20H17Cl2N3O2. The summed E-state index contributed by atoms with van der Waals surface area (Å²) in [5.41, 5.74) is 1.24. The molecule has 1 amide bonds. The van der Waals surface area contributed by atoms with Crippen LogP contribution in [0.2, 0.25) is 10.0 Å². The smallest absolute Gasteiger partial charge is 0.251 e. The van der Waals surface area contributed by atoms with Gasteiger partial charge in [-0.25, -0.2) is 0 Å². The quantitative estimate of drug-likeness (QED) is 0.622. The van der Waals surface area contributed by atoms with Gasteiger partial charge in [0.1, 0.15) is 0 Å². The summed E-state index contributed by atoms with van der Waals surface area (Å²) in [7, 11) is 0. The minimum atomic E-state index is -0.945. The van der Waals surface area contributed by atoms with Crippen LogP contribution in [0.1, 0.15) is 28.8 Å². The van der Waals surface area contributed by atoms with Crippen molar-refractivity contribution in [2.45, 2.75) is 24.5 Å². The van der Waals surface area contributed by atoms with Crippen LogP contribution >= 0.6 is 23.2 Å². The highest BCUT2D eigenvalue weighted by atomic mass is 35.5. The van der Waals surface area contributed by atoms with Crippen molar-refractivity contribution < 1.29 is 9.90 Å². The van der Waals surface area contributed by atoms with E-state index in [0.29, 0.717) is 28.5 Å². The van der Waals surface area contributed by atoms with Crippen molar-refractivity contribution in [1.29, 1.82) is 0 Å². The number of aromatic nitrogens is 2. The number of carbonyl (C=O) groups is 1. The molecule has 0 unspecified atom stereocenters. The summed E-state index contributed by atoms with van der Waals surface area (Å²) < 4.78 is 0. The van der Waals surface area contributed by atoms with Gasteiger partial charge < -0.3 is 10.4 Å². The Bertz CT molecular complexity index is 1050. The fourth-order valence-corrected chi connectivity index (χ4v) is 4.97. The van der Waals surface area contributed by atoms with Crippen LogP contribution in [0.15, 0.2) is 42.6 Å². The van der Waals surface area contributed by atoms with E-state index >= 15 is 0 Å². The molecule has 2 aromatic carbocycles. The van der Waals surface area contributed by atoms with E-state index in [-0.39, 0.29) is 23.8 Å². The van der Waals surface area contributed by atoms with Crippen LogP contribution in [0.5, 0.6) is 0 Å². The maximum atomic E-state index is 12.4. The predicted octanol–water partition coefficient (Wildman–Crippen LogP) is 3.90. The van der Waals surface area contributed by atoms with Crippen LogP contribution in [0.3, 0.4) is 0 Å². The molecule has 1 aromatic heterocycles. The van der Waals surface area contributed by atoms with Gasteiger partial charge in [-0.3, -0.25) is 9.89 Å². The molecule has 2 saturated carbocycles. The highest BCUT2D eigenvalue weighted by molar-refractivity contribution is 6.31. The minimum Gasteiger partial charge on any atom is -0.385 e. The number of aliphatic hydroxyl groups is 1. The van der Waals surface area contributed by atoms with E-state index in [2.05, 4.69) is 15.5 Å². The third kappa shape index (κ3) is 2.81. The maximum absolute atomic E-state index is 12.4. The van der Waals surface area contributed by atoms with Crippen molar-refractivity contribution in [3.05, 3.63) is 63.8 Å². The van der Waals surface area contributed by atoms with Gasteiger partial charge in [0.25, 0.3) is 5.91 Å². The molecule has 3 N–H and O–H groups in total. The molecule has 7 heteroatoms. The Kier molecular flexibility index (Phi) is 3.76. The third-order valence-corrected chi connectivity index (χ3v) is 6.34. The number of nitrogens with one attached hydrogen (secondary N) is 2. The Morgan fingerprint density at radius 1 is 1.19 bits per heavy atom. The van der Waals surface area contributed by atoms with Gasteiger partial charge in [0.2, 0.25) is 0 Å². The molecule has 4 atom stereocenters. The highest BCUT2D eigenvalue weighted by Crippen LogP contribution is 2.60. The summed E-state index contributed by atoms with van der Waals surface area (Å²) in [6, 6.07) is 10.6. The maximum Gasteiger partial charge on any atom is 0.251 e. The number of nitrogens with zero attached hydrogens (tertiary/aromatic N) is 1. The highest BCUT2D eigenvalue weighted by Gasteiger charge is 2.62. The molecule has 0 bridgehead atoms. The summed E-state index contributed by atoms with van der Waals surface area (Å²) in [5.74, 6) is 0.401. The van der Waals surface area contributed by atoms with Crippen molar-refractivity contribution in [3.8, 4) is 0 Å². The number of hydrogen-bond acceptors (Lipinski definition) is 3. The zero-order valence-corrected chi connectivity index (χ0v) is 15.8. The number of amides is 1. The van der Waals surface area contributed by atoms with Gasteiger partial charge in [-0.05, 0) is 60.6 Å². The van der Waals surface area contributed by atoms with Crippen LogP contribution in [0.4, 0.5) is 0 Å². The number of carbonyl (C=O) groups excluding carboxylic acids is 1. The van der Waals surface area contributed by atoms with Crippen LogP contribution in [-0.4, -0.2) is 27.3 Å². The number of aromatic amines is 1. The zero-order chi connectivity index (χ0) is 18.8. The summed E-state index contributed by atoms with van der Waals surface area (Å²) in [6.07, 6.45) is 2.92. The molecule has 0 spiro atoms. The van der Waals surface area contributed by atoms with Crippen molar-refractivity contribution in [2.24, 2.45) is 11.8 Å². The first-order valence-electron chi connectivity index (χ1n) is 8.86. The van der Waals surface area contributed by atoms with Gasteiger partial charge in [-0.1, -0.05) is 29.3 Å². The van der Waals surface area contributed by atoms with Gasteiger partial charge in [-0.15, -0.1) is 0 Å². The van der Waals surface area contributed by atoms with Crippen LogP contribution < -0.4 is 5.32 Å². The van der Waals surface area contributed by atoms with Crippen molar-refractivity contribution in [2.75, 3.05) is 0 Å². The van der Waals surface area contributed by atoms with Gasteiger partial charge in [-0.2, -0.15) is 5.10 Å². The number of fused-ring (bicyclic) bond motifs is 2. The molecule has 138 valence electrons. The van der Waals surface area contributed by atoms with Crippen molar-refractivity contribution >= 4 is 40.0 Å². The van der Waals surface area contributed by atoms with E-state index < -0.39 is 5.60 Å². The van der Waals surface area contributed by atoms with Gasteiger partial charge >= 0.3 is 0 Å². The molecule has 5 rings (SSSR count). The Morgan fingerprint density at radius 2 is 1.96 bits per heavy atom. The Morgan fingerprint density at radius 3 is 2.70 bits per heavy atom. The van der Waals surface area contributed by atoms with E-state index in [1.165, 1.54) is 0 Å². The second-order valence-corrected chi connectivity index (χ2v) is 8.43. The summed E-state index contributed by atoms with van der Waals surface area (Å²) in [5, 5.41) is 23.3. The molecule has 2 aliphatic carbocycles. The number of halogens is 2. The van der Waals surface area contributed by atoms with Crippen LogP contribution in [-0.2, 0) is 5.60 Å². The molecular weight excluding hydrogens is 385 g/mol. The number of hydrogen-bond donors (Lipinski definition) is 3. The molecule has 27 heavy (non-hydrogen) atoms. The average molecular weight is 402 g/mol. The first-order valence-corrected chi connectivity index (χ1v) is 9.62. The number of H-pyrrole nitrogens is 1. The first-order chi connectivity index (χ1) is 12.9. The van der Waals surface area contributed by atoms with E-state index in [0.717, 1.165) is 16.5 Å². The molecule has 2 fully saturated rings. The molecule has 0 saturated heterocycles. The second-order valence-electron chi connectivity index (χ2n) is 7.56. The Labute approximate surface area is 165 Å². The molecule has 1 heterocycles. The normalized spacial score (nSPS) is 28.9. The predicted molar refractivity (Wildman–Crippen MR) is 104 cm³/mol. The van der Waals surface area contributed by atoms with Crippen LogP contribution in [0.25, 0.3) is 10.9 Å². The first kappa shape index (κ1) is 17.0. The van der Waals surface area contributed by atoms with Crippen LogP contribution in [0, 0.1) is 11.8 Å². The minimum absolute atomic E-state index is 0.0933. The fourth-order valence-electron chi connectivity index (χ4n) is 4.56. The van der Waals surface area contributed by atoms with Gasteiger partial charge in [0, 0.05) is 27.0 Å². The molecule has 3 aromatic rings. The lowest BCUT2D eigenvalue weighted by Crippen LogP contribution is -2.33. The third-order valence-electron chi connectivity index (χ3n) is 5.89. The largest absolute Gasteiger partial charge is 0.385 e. The monoisotopic (exact) mass is 401 g/mol. The van der Waals surface area contributed by atoms with Crippen molar-refractivity contribution in [1.82, 2.24) is 15.5 Å². The SMILES string of the molecule is O=C(N[C@H]1[C@@H]2C[C@](O)(c3cc(Cl)cc4[nH]ncc34)C[C@@H]21)c1cccc(Cl)c1. The summed E-state index contributed by atoms with van der Waals surface area (Å²) in [6.45, 7) is 0. The lowest BCUT2D eigenvalue weighted by molar-refractivity contribution is 0.0293. The van der Waals surface area contributed by atoms with E-state index in [4.69, 9.17) is 23.2 Å². The molecule has 5 nitrogen and oxygen atoms in total. The second kappa shape index (κ2) is 5.96. The number of benzene rings is 2. The molecule has 0 aliphatic heterocycles. The molecule has 2 aliphatic rings. The lowest BCUT2D eigenvalue weighted by atomic mass is 9.86.